The number of aryl methyl sites for hydroxylation is 15. The Balaban J connectivity index is 0.000000639. The molecule has 10 heterocycles. The van der Waals surface area contributed by atoms with Crippen LogP contribution in [0.25, 0.3) is 0 Å². The van der Waals surface area contributed by atoms with Crippen LogP contribution in [0.15, 0.2) is 105 Å². The second-order valence-corrected chi connectivity index (χ2v) is 40.5. The van der Waals surface area contributed by atoms with E-state index in [0.29, 0.717) is 0 Å². The highest BCUT2D eigenvalue weighted by Gasteiger charge is 2.24. The molecule has 0 spiro atoms. The fourth-order valence-corrected chi connectivity index (χ4v) is 12.2. The maximum absolute atomic E-state index is 4.45. The Morgan fingerprint density at radius 1 is 0.235 bits per heavy atom. The Hall–Kier alpha value is -9.06. The van der Waals surface area contributed by atoms with Crippen molar-refractivity contribution in [2.24, 2.45) is 0 Å². The molecule has 0 aromatic carbocycles. The van der Waals surface area contributed by atoms with E-state index in [1.54, 1.807) is 12.5 Å². The van der Waals surface area contributed by atoms with Crippen molar-refractivity contribution in [3.05, 3.63) is 246 Å². The van der Waals surface area contributed by atoms with E-state index in [0.717, 1.165) is 68.6 Å². The van der Waals surface area contributed by atoms with Crippen LogP contribution in [0.2, 0.25) is 0 Å². The first kappa shape index (κ1) is 104. The second-order valence-electron chi connectivity index (χ2n) is 40.5. The summed E-state index contributed by atoms with van der Waals surface area (Å²) in [5, 5.41) is 16.2. The van der Waals surface area contributed by atoms with E-state index in [1.807, 2.05) is 117 Å². The highest BCUT2D eigenvalue weighted by atomic mass is 15.1. The zero-order valence-electron chi connectivity index (χ0n) is 80.4. The fourth-order valence-electron chi connectivity index (χ4n) is 12.2. The number of rotatable bonds is 0. The largest absolute Gasteiger partial charge is 0.264 e. The third-order valence-corrected chi connectivity index (χ3v) is 17.7. The molecule has 0 aliphatic heterocycles. The smallest absolute Gasteiger partial charge is 0.137 e. The quantitative estimate of drug-likeness (QED) is 0.137. The normalized spacial score (nSPS) is 11.7. The molecule has 0 bridgehead atoms. The van der Waals surface area contributed by atoms with E-state index in [9.17, 15) is 0 Å². The molecular formula is C97H152N18. The van der Waals surface area contributed by atoms with Crippen molar-refractivity contribution >= 4 is 0 Å². The summed E-state index contributed by atoms with van der Waals surface area (Å²) in [5.41, 5.74) is 27.5. The maximum Gasteiger partial charge on any atom is 0.137 e. The van der Waals surface area contributed by atoms with Crippen LogP contribution >= 0.6 is 0 Å². The van der Waals surface area contributed by atoms with Gasteiger partial charge in [0.2, 0.25) is 0 Å². The predicted molar refractivity (Wildman–Crippen MR) is 483 cm³/mol. The van der Waals surface area contributed by atoms with Gasteiger partial charge in [0.05, 0.1) is 40.4 Å². The van der Waals surface area contributed by atoms with Crippen molar-refractivity contribution in [2.75, 3.05) is 0 Å². The first-order chi connectivity index (χ1) is 52.1. The lowest BCUT2D eigenvalue weighted by molar-refractivity contribution is 0.541. The molecule has 0 amide bonds. The molecule has 115 heavy (non-hydrogen) atoms. The molecule has 0 atom stereocenters. The minimum absolute atomic E-state index is 0.0307. The zero-order valence-corrected chi connectivity index (χ0v) is 80.4. The molecule has 10 aromatic rings. The summed E-state index contributed by atoms with van der Waals surface area (Å²) in [7, 11) is 0. The lowest BCUT2D eigenvalue weighted by Crippen LogP contribution is -2.16. The van der Waals surface area contributed by atoms with Crippen LogP contribution in [0.4, 0.5) is 0 Å². The average molecular weight is 1570 g/mol. The molecule has 0 saturated heterocycles. The van der Waals surface area contributed by atoms with Gasteiger partial charge >= 0.3 is 0 Å². The summed E-state index contributed by atoms with van der Waals surface area (Å²) in [6.07, 6.45) is 25.5. The lowest BCUT2D eigenvalue weighted by atomic mass is 9.82. The number of hydrogen-bond acceptors (Lipinski definition) is 18. The molecule has 18 heteroatoms. The van der Waals surface area contributed by atoms with E-state index < -0.39 is 0 Å². The van der Waals surface area contributed by atoms with E-state index in [4.69, 9.17) is 0 Å². The minimum atomic E-state index is 0.0307. The van der Waals surface area contributed by atoms with E-state index in [2.05, 4.69) is 365 Å². The van der Waals surface area contributed by atoms with Crippen molar-refractivity contribution in [1.82, 2.24) is 90.2 Å². The standard InChI is InChI=1S/3C11H17N.3C10H16N2.3C9H14N2.C7H11N3/c1-8-6-12-7-9(2)10(8)11(3,4)5;1-8-6-9(2)12-7-10(8)11(3,4)5;1-8-6-9(2)10(12-7-8)11(3,4)5;1-7-6-11-12-8(2)9(7)10(3,4)5;1-7-6-11-9(10(3,4)5)12-8(7)2;1-7-6-8(2)11-12-9(7)10(3,4)5;1-7-10-5-8(6-11-7)9(2,3)4;1-7-5-10-6-11-8(7)9(2,3)4;1-7-5-11-8(6-10-7)9(2,3)4;1-7(2,3)6-9-4-8-5-10-6/h3*6-7H,1-5H3;3*6H,1-5H3;3*5-6H,1-4H3;4-5H,1-3H3. The van der Waals surface area contributed by atoms with Gasteiger partial charge in [0.1, 0.15) is 36.5 Å². The monoisotopic (exact) mass is 1570 g/mol. The van der Waals surface area contributed by atoms with Crippen LogP contribution in [0.5, 0.6) is 0 Å². The van der Waals surface area contributed by atoms with Gasteiger partial charge in [-0.3, -0.25) is 24.9 Å². The summed E-state index contributed by atoms with van der Waals surface area (Å²) >= 11 is 0. The van der Waals surface area contributed by atoms with Crippen molar-refractivity contribution in [1.29, 1.82) is 0 Å². The molecule has 0 aliphatic carbocycles. The van der Waals surface area contributed by atoms with Crippen molar-refractivity contribution < 1.29 is 0 Å². The first-order valence-electron chi connectivity index (χ1n) is 40.3. The number of aromatic nitrogens is 18. The maximum atomic E-state index is 4.45. The summed E-state index contributed by atoms with van der Waals surface area (Å²) in [6, 6.07) is 6.40. The van der Waals surface area contributed by atoms with E-state index in [-0.39, 0.29) is 54.1 Å². The Labute approximate surface area is 698 Å². The number of nitrogens with zero attached hydrogens (tertiary/aromatic N) is 18. The third kappa shape index (κ3) is 38.5. The number of hydrogen-bond donors (Lipinski definition) is 0. The summed E-state index contributed by atoms with van der Waals surface area (Å²) in [6.45, 7) is 95.6. The van der Waals surface area contributed by atoms with Crippen LogP contribution < -0.4 is 0 Å². The summed E-state index contributed by atoms with van der Waals surface area (Å²) in [4.78, 5) is 58.4. The highest BCUT2D eigenvalue weighted by molar-refractivity contribution is 5.36. The van der Waals surface area contributed by atoms with Gasteiger partial charge in [-0.05, 0) is 210 Å². The van der Waals surface area contributed by atoms with Crippen LogP contribution in [0, 0.1) is 104 Å². The average Bonchev–Trinajstić information content (AvgIpc) is 0.819. The summed E-state index contributed by atoms with van der Waals surface area (Å²) < 4.78 is 0. The molecule has 10 rings (SSSR count). The molecule has 0 radical (unpaired) electrons. The van der Waals surface area contributed by atoms with Crippen molar-refractivity contribution in [2.45, 2.75) is 366 Å². The van der Waals surface area contributed by atoms with E-state index in [1.165, 1.54) is 85.1 Å². The van der Waals surface area contributed by atoms with Crippen LogP contribution in [-0.2, 0) is 54.1 Å². The molecule has 630 valence electrons. The molecule has 18 nitrogen and oxygen atoms in total. The first-order valence-corrected chi connectivity index (χ1v) is 40.3. The van der Waals surface area contributed by atoms with Gasteiger partial charge in [0, 0.05) is 112 Å². The predicted octanol–water partition coefficient (Wildman–Crippen LogP) is 23.6. The van der Waals surface area contributed by atoms with Gasteiger partial charge in [-0.25, -0.2) is 44.9 Å². The molecule has 10 aromatic heterocycles. The van der Waals surface area contributed by atoms with Crippen LogP contribution in [0.3, 0.4) is 0 Å². The Morgan fingerprint density at radius 2 is 0.696 bits per heavy atom. The zero-order chi connectivity index (χ0) is 89.2. The van der Waals surface area contributed by atoms with Crippen molar-refractivity contribution in [3.8, 4) is 0 Å². The Morgan fingerprint density at radius 3 is 1.06 bits per heavy atom. The van der Waals surface area contributed by atoms with Gasteiger partial charge in [-0.15, -0.1) is 0 Å². The van der Waals surface area contributed by atoms with Crippen molar-refractivity contribution in [3.63, 3.8) is 0 Å². The van der Waals surface area contributed by atoms with Gasteiger partial charge in [0.25, 0.3) is 0 Å². The third-order valence-electron chi connectivity index (χ3n) is 17.7. The van der Waals surface area contributed by atoms with Crippen LogP contribution in [0.1, 0.15) is 349 Å². The van der Waals surface area contributed by atoms with Gasteiger partial charge in [-0.1, -0.05) is 214 Å². The van der Waals surface area contributed by atoms with Gasteiger partial charge in [-0.2, -0.15) is 20.4 Å². The van der Waals surface area contributed by atoms with Crippen LogP contribution in [-0.4, -0.2) is 90.2 Å². The molecule has 0 N–H and O–H groups in total. The molecule has 0 aliphatic rings. The topological polar surface area (TPSA) is 232 Å². The Kier molecular flexibility index (Phi) is 39.6. The van der Waals surface area contributed by atoms with E-state index >= 15 is 0 Å². The fraction of sp³-hybridized carbons (Fsp3) is 0.567. The molecule has 0 unspecified atom stereocenters. The number of pyridine rings is 3. The second kappa shape index (κ2) is 43.8. The molecule has 0 saturated carbocycles. The van der Waals surface area contributed by atoms with Gasteiger partial charge < -0.3 is 0 Å². The minimum Gasteiger partial charge on any atom is -0.264 e. The Bertz CT molecular complexity index is 4250. The molecular weight excluding hydrogens is 1420 g/mol. The highest BCUT2D eigenvalue weighted by Crippen LogP contribution is 2.31. The van der Waals surface area contributed by atoms with Gasteiger partial charge in [0.15, 0.2) is 0 Å². The summed E-state index contributed by atoms with van der Waals surface area (Å²) in [5.74, 6) is 2.59. The lowest BCUT2D eigenvalue weighted by Gasteiger charge is -2.23. The molecule has 0 fully saturated rings. The SMILES string of the molecule is CC(C)(C)c1ncncn1.Cc1cc(C)c(C(C)(C)C)cn1.Cc1cc(C)c(C(C)(C)C)nn1.Cc1cnc(C(C)(C)C)c(C)c1.Cc1cnc(C(C)(C)C)cn1.Cc1cnc(C(C)(C)C)nc1C.Cc1cncc(C)c1C(C)(C)C.Cc1cncnc1C(C)(C)C.Cc1cnnc(C)c1C(C)(C)C.Cc1ncc(C(C)(C)C)cn1.